The first-order chi connectivity index (χ1) is 22.7. The molecule has 0 aliphatic heterocycles. The second-order valence-electron chi connectivity index (χ2n) is 15.7. The number of aliphatic hydroxyl groups excluding tert-OH is 1. The largest absolute Gasteiger partial charge is 0.512 e. The Labute approximate surface area is 307 Å². The zero-order chi connectivity index (χ0) is 36.1. The van der Waals surface area contributed by atoms with E-state index in [1.807, 2.05) is 53.7 Å². The van der Waals surface area contributed by atoms with Gasteiger partial charge in [-0.2, -0.15) is 13.2 Å². The molecule has 0 unspecified atom stereocenters. The molecule has 0 bridgehead atoms. The van der Waals surface area contributed by atoms with Gasteiger partial charge in [0.2, 0.25) is 0 Å². The van der Waals surface area contributed by atoms with Crippen molar-refractivity contribution in [1.29, 1.82) is 0 Å². The van der Waals surface area contributed by atoms with E-state index in [0.717, 1.165) is 21.5 Å². The van der Waals surface area contributed by atoms with Crippen LogP contribution in [0.5, 0.6) is 0 Å². The molecule has 0 fully saturated rings. The minimum Gasteiger partial charge on any atom is -0.512 e. The van der Waals surface area contributed by atoms with E-state index in [1.165, 1.54) is 34.2 Å². The summed E-state index contributed by atoms with van der Waals surface area (Å²) < 4.78 is 41.9. The summed E-state index contributed by atoms with van der Waals surface area (Å²) in [6.07, 6.45) is -1.47. The average Bonchev–Trinajstić information content (AvgIpc) is 3.01. The predicted octanol–water partition coefficient (Wildman–Crippen LogP) is 11.8. The standard InChI is InChI=1S/C31H23F3NSi.C11H20O2.Ir/c1-36(2,3)22-9-11-23-20(17-22)8-10-26-25(23)12-13-28-27(26)14-15-35-30(28)21-16-19-6-4-5-7-24(19)29(18-21)31(32,33)34;1-10(2,3)8(12)7-9(13)11(4,5)6;/h4-15,17-18H,1-3H3;7,12H,1-6H3;/q-1;;/b;8-7-;. The van der Waals surface area contributed by atoms with E-state index >= 15 is 0 Å². The molecule has 0 amide bonds. The zero-order valence-corrected chi connectivity index (χ0v) is 33.3. The van der Waals surface area contributed by atoms with Crippen LogP contribution in [0.1, 0.15) is 47.1 Å². The van der Waals surface area contributed by atoms with Crippen molar-refractivity contribution >= 4 is 62.1 Å². The van der Waals surface area contributed by atoms with E-state index in [0.29, 0.717) is 16.6 Å². The van der Waals surface area contributed by atoms with Gasteiger partial charge in [-0.1, -0.05) is 138 Å². The van der Waals surface area contributed by atoms with Crippen LogP contribution in [0.3, 0.4) is 0 Å². The summed E-state index contributed by atoms with van der Waals surface area (Å²) in [7, 11) is -1.44. The number of nitrogens with zero attached hydrogens (tertiary/aromatic N) is 1. The number of pyridine rings is 1. The minimum atomic E-state index is -4.48. The van der Waals surface area contributed by atoms with E-state index in [1.54, 1.807) is 24.4 Å². The van der Waals surface area contributed by atoms with Crippen molar-refractivity contribution < 1.29 is 43.2 Å². The van der Waals surface area contributed by atoms with Crippen LogP contribution in [0.2, 0.25) is 19.6 Å². The van der Waals surface area contributed by atoms with Crippen LogP contribution in [0, 0.1) is 16.9 Å². The van der Waals surface area contributed by atoms with Crippen molar-refractivity contribution in [2.75, 3.05) is 0 Å². The fourth-order valence-corrected chi connectivity index (χ4v) is 6.81. The van der Waals surface area contributed by atoms with Gasteiger partial charge in [-0.3, -0.25) is 9.78 Å². The number of aliphatic hydroxyl groups is 1. The van der Waals surface area contributed by atoms with Gasteiger partial charge in [0.25, 0.3) is 0 Å². The van der Waals surface area contributed by atoms with Gasteiger partial charge in [-0.05, 0) is 43.9 Å². The van der Waals surface area contributed by atoms with Gasteiger partial charge in [0.05, 0.1) is 8.07 Å². The first-order valence-corrected chi connectivity index (χ1v) is 19.9. The van der Waals surface area contributed by atoms with Crippen LogP contribution in [-0.2, 0) is 31.1 Å². The number of rotatable bonds is 3. The van der Waals surface area contributed by atoms with E-state index in [4.69, 9.17) is 0 Å². The number of halogens is 3. The maximum absolute atomic E-state index is 14.0. The van der Waals surface area contributed by atoms with E-state index < -0.39 is 25.2 Å². The van der Waals surface area contributed by atoms with Crippen LogP contribution < -0.4 is 5.19 Å². The van der Waals surface area contributed by atoms with Crippen LogP contribution in [0.15, 0.2) is 96.9 Å². The molecule has 50 heavy (non-hydrogen) atoms. The van der Waals surface area contributed by atoms with Crippen molar-refractivity contribution in [1.82, 2.24) is 4.98 Å². The Morgan fingerprint density at radius 1 is 0.740 bits per heavy atom. The molecule has 0 saturated heterocycles. The fourth-order valence-electron chi connectivity index (χ4n) is 5.64. The number of alkyl halides is 3. The summed E-state index contributed by atoms with van der Waals surface area (Å²) in [6.45, 7) is 18.1. The quantitative estimate of drug-likeness (QED) is 0.0634. The Kier molecular flexibility index (Phi) is 10.9. The Balaban J connectivity index is 0.000000345. The van der Waals surface area contributed by atoms with Gasteiger partial charge in [-0.15, -0.1) is 23.6 Å². The molecule has 1 aromatic heterocycles. The van der Waals surface area contributed by atoms with Crippen molar-refractivity contribution in [2.45, 2.75) is 67.4 Å². The molecule has 0 atom stereocenters. The third kappa shape index (κ3) is 8.20. The van der Waals surface area contributed by atoms with Crippen molar-refractivity contribution in [3.63, 3.8) is 0 Å². The number of aromatic nitrogens is 1. The number of carbonyl (C=O) groups is 1. The number of fused-ring (bicyclic) bond motifs is 6. The summed E-state index contributed by atoms with van der Waals surface area (Å²) in [5.74, 6) is 0.104. The molecule has 6 rings (SSSR count). The molecule has 1 heterocycles. The van der Waals surface area contributed by atoms with Gasteiger partial charge in [-0.25, -0.2) is 0 Å². The molecular weight excluding hydrogens is 828 g/mol. The first kappa shape index (κ1) is 39.0. The van der Waals surface area contributed by atoms with E-state index in [2.05, 4.69) is 67.1 Å². The second kappa shape index (κ2) is 14.1. The molecular formula is C42H43F3IrNO2Si-. The van der Waals surface area contributed by atoms with E-state index in [9.17, 15) is 23.1 Å². The molecule has 0 spiro atoms. The van der Waals surface area contributed by atoms with Gasteiger partial charge in [0.1, 0.15) is 5.76 Å². The molecule has 1 radical (unpaired) electrons. The van der Waals surface area contributed by atoms with Crippen LogP contribution in [-0.4, -0.2) is 23.9 Å². The van der Waals surface area contributed by atoms with Gasteiger partial charge in [0, 0.05) is 48.9 Å². The molecule has 1 N–H and O–H groups in total. The molecule has 0 saturated carbocycles. The summed E-state index contributed by atoms with van der Waals surface area (Å²) in [6, 6.07) is 27.8. The van der Waals surface area contributed by atoms with Crippen LogP contribution >= 0.6 is 0 Å². The molecule has 5 aromatic carbocycles. The second-order valence-corrected chi connectivity index (χ2v) is 20.8. The number of benzene rings is 5. The number of hydrogen-bond acceptors (Lipinski definition) is 3. The SMILES string of the molecule is CC(C)(C)C(=O)/C=C(\O)C(C)(C)C.C[Si](C)(C)c1ccc2c(ccc3c4ccnc(-c5[c-]c6ccccc6c(C(F)(F)F)c5)c4ccc23)c1.[Ir]. The van der Waals surface area contributed by atoms with Gasteiger partial charge in [0.15, 0.2) is 5.78 Å². The predicted molar refractivity (Wildman–Crippen MR) is 201 cm³/mol. The number of hydrogen-bond donors (Lipinski definition) is 1. The van der Waals surface area contributed by atoms with Gasteiger partial charge < -0.3 is 5.11 Å². The number of carbonyl (C=O) groups excluding carboxylic acids is 1. The monoisotopic (exact) mass is 871 g/mol. The van der Waals surface area contributed by atoms with Crippen LogP contribution in [0.4, 0.5) is 13.2 Å². The van der Waals surface area contributed by atoms with Crippen molar-refractivity contribution in [3.8, 4) is 11.3 Å². The molecule has 8 heteroatoms. The summed E-state index contributed by atoms with van der Waals surface area (Å²) in [4.78, 5) is 16.0. The zero-order valence-electron chi connectivity index (χ0n) is 29.9. The fraction of sp³-hybridized carbons (Fsp3) is 0.286. The Morgan fingerprint density at radius 3 is 1.94 bits per heavy atom. The maximum Gasteiger partial charge on any atom is 0.403 e. The Bertz CT molecular complexity index is 2260. The van der Waals surface area contributed by atoms with Crippen molar-refractivity contribution in [3.05, 3.63) is 109 Å². The normalized spacial score (nSPS) is 12.9. The summed E-state index contributed by atoms with van der Waals surface area (Å²) >= 11 is 0. The van der Waals surface area contributed by atoms with E-state index in [-0.39, 0.29) is 42.4 Å². The molecule has 0 aliphatic rings. The van der Waals surface area contributed by atoms with Crippen molar-refractivity contribution in [2.24, 2.45) is 10.8 Å². The number of ketones is 1. The molecule has 3 nitrogen and oxygen atoms in total. The number of allylic oxidation sites excluding steroid dienone is 2. The molecule has 0 aliphatic carbocycles. The van der Waals surface area contributed by atoms with Crippen LogP contribution in [0.25, 0.3) is 54.3 Å². The summed E-state index contributed by atoms with van der Waals surface area (Å²) in [5.41, 5.74) is -0.595. The van der Waals surface area contributed by atoms with Gasteiger partial charge >= 0.3 is 6.18 Å². The smallest absolute Gasteiger partial charge is 0.403 e. The Morgan fingerprint density at radius 2 is 1.32 bits per heavy atom. The summed E-state index contributed by atoms with van der Waals surface area (Å²) in [5, 5.41) is 17.9. The average molecular weight is 871 g/mol. The molecule has 263 valence electrons. The Hall–Kier alpha value is -3.84. The maximum atomic E-state index is 14.0. The topological polar surface area (TPSA) is 50.2 Å². The minimum absolute atomic E-state index is 0. The molecule has 6 aromatic rings. The third-order valence-corrected chi connectivity index (χ3v) is 10.8. The first-order valence-electron chi connectivity index (χ1n) is 16.4. The third-order valence-electron chi connectivity index (χ3n) is 8.74.